The first-order valence-electron chi connectivity index (χ1n) is 6.08. The fourth-order valence-corrected chi connectivity index (χ4v) is 2.32. The first-order chi connectivity index (χ1) is 9.29. The number of rotatable bonds is 2. The van der Waals surface area contributed by atoms with E-state index in [1.54, 1.807) is 0 Å². The second kappa shape index (κ2) is 5.37. The summed E-state index contributed by atoms with van der Waals surface area (Å²) in [7, 11) is 0. The van der Waals surface area contributed by atoms with Crippen LogP contribution in [0.3, 0.4) is 0 Å². The van der Waals surface area contributed by atoms with Crippen LogP contribution >= 0.6 is 12.2 Å². The Morgan fingerprint density at radius 2 is 1.50 bits per heavy atom. The normalized spacial score (nSPS) is 11.4. The summed E-state index contributed by atoms with van der Waals surface area (Å²) in [5.74, 6) is 0. The van der Waals surface area contributed by atoms with Crippen molar-refractivity contribution in [1.29, 1.82) is 0 Å². The Labute approximate surface area is 121 Å². The Morgan fingerprint density at radius 1 is 0.950 bits per heavy atom. The number of aryl methyl sites for hydroxylation is 1. The van der Waals surface area contributed by atoms with Gasteiger partial charge >= 0.3 is 6.18 Å². The Bertz CT molecular complexity index is 640. The molecule has 20 heavy (non-hydrogen) atoms. The molecule has 0 heterocycles. The highest BCUT2D eigenvalue weighted by Crippen LogP contribution is 2.31. The van der Waals surface area contributed by atoms with Crippen molar-refractivity contribution in [1.82, 2.24) is 0 Å². The first-order valence-corrected chi connectivity index (χ1v) is 6.49. The highest BCUT2D eigenvalue weighted by atomic mass is 32.1. The quantitative estimate of drug-likeness (QED) is 0.526. The smallest absolute Gasteiger partial charge is 0.166 e. The maximum Gasteiger partial charge on any atom is 0.416 e. The molecular formula is C16H13F3S. The number of alkyl halides is 3. The van der Waals surface area contributed by atoms with Gasteiger partial charge in [-0.05, 0) is 48.2 Å². The molecule has 0 fully saturated rings. The second-order valence-electron chi connectivity index (χ2n) is 4.66. The molecule has 0 saturated heterocycles. The van der Waals surface area contributed by atoms with Crippen LogP contribution < -0.4 is 0 Å². The molecule has 0 amide bonds. The van der Waals surface area contributed by atoms with Crippen molar-refractivity contribution in [2.24, 2.45) is 0 Å². The van der Waals surface area contributed by atoms with Gasteiger partial charge in [0.1, 0.15) is 0 Å². The lowest BCUT2D eigenvalue weighted by atomic mass is 9.98. The van der Waals surface area contributed by atoms with Crippen LogP contribution in [0.15, 0.2) is 42.5 Å². The van der Waals surface area contributed by atoms with Gasteiger partial charge < -0.3 is 0 Å². The van der Waals surface area contributed by atoms with Gasteiger partial charge in [-0.1, -0.05) is 42.5 Å². The third-order valence-electron chi connectivity index (χ3n) is 3.15. The first kappa shape index (κ1) is 14.7. The summed E-state index contributed by atoms with van der Waals surface area (Å²) in [5, 5.41) is 0. The lowest BCUT2D eigenvalue weighted by Gasteiger charge is -2.10. The van der Waals surface area contributed by atoms with Crippen LogP contribution in [0.4, 0.5) is 13.2 Å². The van der Waals surface area contributed by atoms with Crippen LogP contribution in [0.5, 0.6) is 0 Å². The van der Waals surface area contributed by atoms with Crippen molar-refractivity contribution >= 4 is 17.1 Å². The van der Waals surface area contributed by atoms with E-state index < -0.39 is 11.7 Å². The molecule has 2 rings (SSSR count). The Morgan fingerprint density at radius 3 is 1.95 bits per heavy atom. The average Bonchev–Trinajstić information content (AvgIpc) is 2.37. The average molecular weight is 294 g/mol. The van der Waals surface area contributed by atoms with Crippen molar-refractivity contribution in [3.05, 3.63) is 59.2 Å². The largest absolute Gasteiger partial charge is 0.416 e. The Balaban J connectivity index is 2.37. The van der Waals surface area contributed by atoms with Gasteiger partial charge in [-0.15, -0.1) is 0 Å². The van der Waals surface area contributed by atoms with Crippen LogP contribution in [0.2, 0.25) is 0 Å². The highest BCUT2D eigenvalue weighted by molar-refractivity contribution is 7.80. The van der Waals surface area contributed by atoms with E-state index in [1.165, 1.54) is 12.1 Å². The van der Waals surface area contributed by atoms with Gasteiger partial charge in [0.15, 0.2) is 0 Å². The molecule has 4 heteroatoms. The molecule has 2 aromatic rings. The summed E-state index contributed by atoms with van der Waals surface area (Å²) in [6, 6.07) is 10.9. The van der Waals surface area contributed by atoms with Crippen LogP contribution in [-0.4, -0.2) is 4.86 Å². The van der Waals surface area contributed by atoms with Gasteiger partial charge in [0.05, 0.1) is 5.56 Å². The van der Waals surface area contributed by atoms with E-state index in [0.29, 0.717) is 0 Å². The van der Waals surface area contributed by atoms with Gasteiger partial charge in [-0.25, -0.2) is 0 Å². The summed E-state index contributed by atoms with van der Waals surface area (Å²) in [6.45, 7) is 3.80. The molecule has 0 aromatic heterocycles. The monoisotopic (exact) mass is 294 g/mol. The van der Waals surface area contributed by atoms with E-state index in [1.807, 2.05) is 32.0 Å². The molecule has 0 atom stereocenters. The zero-order valence-electron chi connectivity index (χ0n) is 11.1. The molecule has 0 saturated carbocycles. The van der Waals surface area contributed by atoms with Gasteiger partial charge in [-0.2, -0.15) is 13.2 Å². The third kappa shape index (κ3) is 3.07. The fraction of sp³-hybridized carbons (Fsp3) is 0.188. The number of halogens is 3. The van der Waals surface area contributed by atoms with Gasteiger partial charge in [0, 0.05) is 4.86 Å². The van der Waals surface area contributed by atoms with Crippen LogP contribution in [0.1, 0.15) is 23.6 Å². The molecule has 2 aromatic carbocycles. The molecule has 0 bridgehead atoms. The minimum atomic E-state index is -4.30. The minimum Gasteiger partial charge on any atom is -0.166 e. The number of hydrogen-bond acceptors (Lipinski definition) is 1. The zero-order chi connectivity index (χ0) is 14.9. The molecular weight excluding hydrogens is 281 g/mol. The number of benzene rings is 2. The van der Waals surface area contributed by atoms with E-state index in [9.17, 15) is 13.2 Å². The van der Waals surface area contributed by atoms with E-state index in [-0.39, 0.29) is 0 Å². The molecule has 0 unspecified atom stereocenters. The third-order valence-corrected chi connectivity index (χ3v) is 3.37. The molecule has 0 aliphatic carbocycles. The molecule has 104 valence electrons. The van der Waals surface area contributed by atoms with E-state index >= 15 is 0 Å². The van der Waals surface area contributed by atoms with Crippen LogP contribution in [0, 0.1) is 6.92 Å². The van der Waals surface area contributed by atoms with Gasteiger partial charge in [0.25, 0.3) is 0 Å². The Hall–Kier alpha value is -1.68. The second-order valence-corrected chi connectivity index (χ2v) is 5.27. The maximum absolute atomic E-state index is 12.5. The summed E-state index contributed by atoms with van der Waals surface area (Å²) in [6.07, 6.45) is -4.30. The van der Waals surface area contributed by atoms with Crippen molar-refractivity contribution in [2.45, 2.75) is 20.0 Å². The van der Waals surface area contributed by atoms with Crippen LogP contribution in [0.25, 0.3) is 11.1 Å². The van der Waals surface area contributed by atoms with Crippen molar-refractivity contribution < 1.29 is 13.2 Å². The van der Waals surface area contributed by atoms with Crippen LogP contribution in [-0.2, 0) is 6.18 Å². The Kier molecular flexibility index (Phi) is 3.95. The lowest BCUT2D eigenvalue weighted by Crippen LogP contribution is -2.04. The zero-order valence-corrected chi connectivity index (χ0v) is 11.9. The molecule has 0 aliphatic rings. The van der Waals surface area contributed by atoms with Gasteiger partial charge in [-0.3, -0.25) is 0 Å². The van der Waals surface area contributed by atoms with E-state index in [4.69, 9.17) is 12.2 Å². The summed E-state index contributed by atoms with van der Waals surface area (Å²) < 4.78 is 37.5. The number of hydrogen-bond donors (Lipinski definition) is 0. The maximum atomic E-state index is 12.5. The van der Waals surface area contributed by atoms with Crippen molar-refractivity contribution in [3.63, 3.8) is 0 Å². The van der Waals surface area contributed by atoms with E-state index in [2.05, 4.69) is 0 Å². The predicted molar refractivity (Wildman–Crippen MR) is 79.0 cm³/mol. The molecule has 0 nitrogen and oxygen atoms in total. The predicted octanol–water partition coefficient (Wildman–Crippen LogP) is 5.42. The minimum absolute atomic E-state index is 0.635. The molecule has 0 spiro atoms. The standard InChI is InChI=1S/C16H13F3S/c1-10-9-13(5-8-15(10)11(2)20)12-3-6-14(7-4-12)16(17,18)19/h3-9H,1-2H3. The number of thiocarbonyl (C=S) groups is 1. The van der Waals surface area contributed by atoms with Crippen molar-refractivity contribution in [3.8, 4) is 11.1 Å². The van der Waals surface area contributed by atoms with Gasteiger partial charge in [0.2, 0.25) is 0 Å². The summed E-state index contributed by atoms with van der Waals surface area (Å²) in [4.78, 5) is 0.807. The fourth-order valence-electron chi connectivity index (χ4n) is 2.09. The van der Waals surface area contributed by atoms with Crippen molar-refractivity contribution in [2.75, 3.05) is 0 Å². The molecule has 0 aliphatic heterocycles. The lowest BCUT2D eigenvalue weighted by molar-refractivity contribution is -0.137. The van der Waals surface area contributed by atoms with E-state index in [0.717, 1.165) is 39.3 Å². The molecule has 0 N–H and O–H groups in total. The molecule has 0 radical (unpaired) electrons. The summed E-state index contributed by atoms with van der Waals surface area (Å²) >= 11 is 5.14. The highest BCUT2D eigenvalue weighted by Gasteiger charge is 2.29. The SMILES string of the molecule is CC(=S)c1ccc(-c2ccc(C(F)(F)F)cc2)cc1C. The topological polar surface area (TPSA) is 0 Å². The summed E-state index contributed by atoms with van der Waals surface area (Å²) in [5.41, 5.74) is 3.03.